The van der Waals surface area contributed by atoms with E-state index in [1.54, 1.807) is 0 Å². The van der Waals surface area contributed by atoms with E-state index in [9.17, 15) is 5.26 Å². The van der Waals surface area contributed by atoms with Crippen molar-refractivity contribution in [3.63, 3.8) is 0 Å². The number of aromatic nitrogens is 5. The molecule has 0 saturated heterocycles. The van der Waals surface area contributed by atoms with Gasteiger partial charge in [0.1, 0.15) is 11.6 Å². The van der Waals surface area contributed by atoms with Crippen molar-refractivity contribution in [2.24, 2.45) is 0 Å². The zero-order valence-electron chi connectivity index (χ0n) is 46.4. The molecule has 6 heteroatoms. The van der Waals surface area contributed by atoms with Crippen molar-refractivity contribution < 1.29 is 0 Å². The fraction of sp³-hybridized carbons (Fsp3) is 0.133. The molecule has 0 atom stereocenters. The largest absolute Gasteiger partial charge is 0.310 e. The van der Waals surface area contributed by atoms with Gasteiger partial charge in [0.25, 0.3) is 0 Å². The number of para-hydroxylation sites is 7. The van der Waals surface area contributed by atoms with E-state index in [2.05, 4.69) is 289 Å². The van der Waals surface area contributed by atoms with E-state index in [0.29, 0.717) is 5.56 Å². The smallest absolute Gasteiger partial charge is 0.105 e. The number of benzene rings is 10. The van der Waals surface area contributed by atoms with Crippen LogP contribution in [0.5, 0.6) is 0 Å². The van der Waals surface area contributed by atoms with Gasteiger partial charge < -0.3 is 22.8 Å². The first kappa shape index (κ1) is 47.2. The van der Waals surface area contributed by atoms with Gasteiger partial charge in [-0.05, 0) is 102 Å². The van der Waals surface area contributed by atoms with Crippen LogP contribution in [0.4, 0.5) is 0 Å². The summed E-state index contributed by atoms with van der Waals surface area (Å²) in [5.41, 5.74) is 19.2. The van der Waals surface area contributed by atoms with Gasteiger partial charge in [-0.15, -0.1) is 0 Å². The molecular weight excluding hydrogens is 985 g/mol. The Morgan fingerprint density at radius 3 is 1.00 bits per heavy atom. The molecular formula is C75H58N6. The van der Waals surface area contributed by atoms with Crippen LogP contribution in [0.3, 0.4) is 0 Å². The first-order chi connectivity index (χ1) is 39.5. The number of nitriles is 1. The number of hydrogen-bond donors (Lipinski definition) is 0. The van der Waals surface area contributed by atoms with Crippen LogP contribution in [0.1, 0.15) is 75.9 Å². The zero-order valence-corrected chi connectivity index (χ0v) is 46.4. The molecule has 0 saturated carbocycles. The second-order valence-electron chi connectivity index (χ2n) is 24.3. The lowest BCUT2D eigenvalue weighted by Gasteiger charge is -2.30. The third kappa shape index (κ3) is 6.61. The molecule has 0 bridgehead atoms. The minimum absolute atomic E-state index is 0.109. The molecule has 0 fully saturated rings. The Morgan fingerprint density at radius 1 is 0.333 bits per heavy atom. The highest BCUT2D eigenvalue weighted by Gasteiger charge is 2.37. The molecule has 1 aliphatic rings. The molecule has 0 unspecified atom stereocenters. The van der Waals surface area contributed by atoms with Gasteiger partial charge in [0.05, 0.1) is 78.1 Å². The van der Waals surface area contributed by atoms with Crippen LogP contribution in [0, 0.1) is 11.3 Å². The fourth-order valence-electron chi connectivity index (χ4n) is 14.0. The maximum atomic E-state index is 13.1. The van der Waals surface area contributed by atoms with E-state index >= 15 is 0 Å². The lowest BCUT2D eigenvalue weighted by atomic mass is 9.86. The van der Waals surface area contributed by atoms with E-state index in [1.807, 2.05) is 0 Å². The molecule has 5 aromatic heterocycles. The molecule has 388 valence electrons. The van der Waals surface area contributed by atoms with Gasteiger partial charge in [0.15, 0.2) is 0 Å². The van der Waals surface area contributed by atoms with Crippen molar-refractivity contribution >= 4 is 104 Å². The summed E-state index contributed by atoms with van der Waals surface area (Å²) in [7, 11) is 0. The Bertz CT molecular complexity index is 5160. The average molecular weight is 1040 g/mol. The Balaban J connectivity index is 1.28. The summed E-state index contributed by atoms with van der Waals surface area (Å²) in [6.07, 6.45) is 6.31. The Kier molecular flexibility index (Phi) is 9.96. The molecule has 0 radical (unpaired) electrons. The molecule has 10 aromatic carbocycles. The first-order valence-electron chi connectivity index (χ1n) is 28.5. The quantitative estimate of drug-likeness (QED) is 0.169. The van der Waals surface area contributed by atoms with Gasteiger partial charge >= 0.3 is 0 Å². The molecule has 16 rings (SSSR count). The van der Waals surface area contributed by atoms with Crippen LogP contribution in [0.15, 0.2) is 212 Å². The van der Waals surface area contributed by atoms with Gasteiger partial charge in [-0.25, -0.2) is 0 Å². The highest BCUT2D eigenvalue weighted by atomic mass is 15.2. The number of allylic oxidation sites excluding steroid dienone is 1. The molecule has 1 aliphatic carbocycles. The van der Waals surface area contributed by atoms with Crippen LogP contribution in [-0.2, 0) is 17.3 Å². The third-order valence-electron chi connectivity index (χ3n) is 17.7. The van der Waals surface area contributed by atoms with Crippen molar-refractivity contribution in [2.45, 2.75) is 65.2 Å². The minimum Gasteiger partial charge on any atom is -0.310 e. The van der Waals surface area contributed by atoms with Gasteiger partial charge in [0, 0.05) is 59.7 Å². The molecule has 81 heavy (non-hydrogen) atoms. The second-order valence-corrected chi connectivity index (χ2v) is 24.3. The highest BCUT2D eigenvalue weighted by Crippen LogP contribution is 2.52. The predicted octanol–water partition coefficient (Wildman–Crippen LogP) is 19.4. The van der Waals surface area contributed by atoms with Crippen LogP contribution < -0.4 is 0 Å². The van der Waals surface area contributed by atoms with Crippen LogP contribution >= 0.6 is 0 Å². The summed E-state index contributed by atoms with van der Waals surface area (Å²) < 4.78 is 12.6. The third-order valence-corrected chi connectivity index (χ3v) is 17.7. The maximum Gasteiger partial charge on any atom is 0.105 e. The lowest BCUT2D eigenvalue weighted by molar-refractivity contribution is 0.591. The molecule has 15 aromatic rings. The van der Waals surface area contributed by atoms with Crippen molar-refractivity contribution in [1.82, 2.24) is 22.8 Å². The molecule has 0 aliphatic heterocycles. The Labute approximate surface area is 469 Å². The predicted molar refractivity (Wildman–Crippen MR) is 340 cm³/mol. The SMILES string of the molecule is CC(C)(C)c1ccc2c(c1)c1ccccc1n2-c1c(-n2c3c(c4ccccc42)C=CCC3)c(C#N)c(-n2c3ccccc3c3ccccc32)c(-n2c3ccccc3c3cc(C(C)(C)C)ccc32)c1-n1c2ccccc2c2ccccc21. The first-order valence-corrected chi connectivity index (χ1v) is 28.5. The van der Waals surface area contributed by atoms with Gasteiger partial charge in [-0.2, -0.15) is 5.26 Å². The standard InChI is InChI=1S/C75H58N6/c1-74(2,3)46-39-41-67-56(43-46)54-29-13-21-37-65(54)80(67)71-69(77-59-31-15-7-23-48(59)49-24-8-16-32-60(49)77)58(45-76)70(78-61-33-17-9-25-50(61)51-26-10-18-34-62(51)78)72(73(71)79-63-35-19-11-27-52(63)53-28-12-20-36-64(53)79)81-66-38-22-14-30-55(66)57-44-47(75(4,5)6)40-42-68(57)81/h7-17,19-33,35-44H,18,34H2,1-6H3. The van der Waals surface area contributed by atoms with E-state index in [-0.39, 0.29) is 10.8 Å². The second kappa shape index (κ2) is 17.1. The van der Waals surface area contributed by atoms with E-state index < -0.39 is 0 Å². The number of hydrogen-bond acceptors (Lipinski definition) is 1. The summed E-state index contributed by atoms with van der Waals surface area (Å²) in [6.45, 7) is 13.8. The molecule has 0 spiro atoms. The van der Waals surface area contributed by atoms with Crippen molar-refractivity contribution in [3.8, 4) is 34.5 Å². The zero-order chi connectivity index (χ0) is 54.6. The van der Waals surface area contributed by atoms with Crippen LogP contribution in [0.25, 0.3) is 133 Å². The summed E-state index contributed by atoms with van der Waals surface area (Å²) in [5.74, 6) is 0. The number of fused-ring (bicyclic) bond motifs is 15. The molecule has 0 amide bonds. The average Bonchev–Trinajstić information content (AvgIpc) is 2.63. The highest BCUT2D eigenvalue weighted by molar-refractivity contribution is 6.17. The van der Waals surface area contributed by atoms with E-state index in [1.165, 1.54) is 22.4 Å². The molecule has 0 N–H and O–H groups in total. The van der Waals surface area contributed by atoms with Crippen LogP contribution in [0.2, 0.25) is 0 Å². The van der Waals surface area contributed by atoms with Gasteiger partial charge in [-0.3, -0.25) is 0 Å². The van der Waals surface area contributed by atoms with Crippen molar-refractivity contribution in [2.75, 3.05) is 0 Å². The monoisotopic (exact) mass is 1040 g/mol. The summed E-state index contributed by atoms with van der Waals surface area (Å²) in [6, 6.07) is 79.4. The van der Waals surface area contributed by atoms with Crippen molar-refractivity contribution in [1.29, 1.82) is 5.26 Å². The van der Waals surface area contributed by atoms with E-state index in [4.69, 9.17) is 0 Å². The Hall–Kier alpha value is -9.83. The van der Waals surface area contributed by atoms with Gasteiger partial charge in [-0.1, -0.05) is 193 Å². The minimum atomic E-state index is -0.111. The summed E-state index contributed by atoms with van der Waals surface area (Å²) >= 11 is 0. The Morgan fingerprint density at radius 2 is 0.630 bits per heavy atom. The van der Waals surface area contributed by atoms with Crippen LogP contribution in [-0.4, -0.2) is 22.8 Å². The van der Waals surface area contributed by atoms with Gasteiger partial charge in [0.2, 0.25) is 0 Å². The normalized spacial score (nSPS) is 13.1. The lowest BCUT2D eigenvalue weighted by Crippen LogP contribution is -2.19. The molecule has 6 nitrogen and oxygen atoms in total. The summed E-state index contributed by atoms with van der Waals surface area (Å²) in [4.78, 5) is 0. The number of nitrogens with zero attached hydrogens (tertiary/aromatic N) is 6. The van der Waals surface area contributed by atoms with Crippen molar-refractivity contribution in [3.05, 3.63) is 240 Å². The topological polar surface area (TPSA) is 48.4 Å². The van der Waals surface area contributed by atoms with E-state index in [0.717, 1.165) is 139 Å². The summed E-state index contributed by atoms with van der Waals surface area (Å²) in [5, 5.41) is 23.4. The maximum absolute atomic E-state index is 13.1. The fourth-order valence-corrected chi connectivity index (χ4v) is 14.0. The number of rotatable bonds is 5. The molecule has 5 heterocycles.